The summed E-state index contributed by atoms with van der Waals surface area (Å²) in [4.78, 5) is 35.5. The van der Waals surface area contributed by atoms with E-state index in [0.717, 1.165) is 43.0 Å². The molecule has 10 nitrogen and oxygen atoms in total. The van der Waals surface area contributed by atoms with Gasteiger partial charge in [-0.2, -0.15) is 9.97 Å². The zero-order valence-corrected chi connectivity index (χ0v) is 27.3. The monoisotopic (exact) mass is 611 g/mol. The Kier molecular flexibility index (Phi) is 8.74. The standard InChI is InChI=1S/C35H45N7O3/c1-24-10-7-11-25-12-8-14-30(31(24)25)40-17-15-28-29(22-40)37-33(44-23-26-13-9-16-39(26)6)38-32(28)41-18-19-42(27(21-41)20-36-5)34(43)45-35(2,3)4/h7-8,10-12,14,26-27H,9,13,15-23H2,1-4,6H3/t26-,27?/m0/s1. The summed E-state index contributed by atoms with van der Waals surface area (Å²) in [5.74, 6) is 0.863. The van der Waals surface area contributed by atoms with Gasteiger partial charge in [-0.15, -0.1) is 0 Å². The highest BCUT2D eigenvalue weighted by Crippen LogP contribution is 2.36. The van der Waals surface area contributed by atoms with E-state index >= 15 is 0 Å². The van der Waals surface area contributed by atoms with Gasteiger partial charge < -0.3 is 29.0 Å². The molecule has 10 heteroatoms. The normalized spacial score (nSPS) is 20.7. The highest BCUT2D eigenvalue weighted by molar-refractivity contribution is 5.97. The van der Waals surface area contributed by atoms with Gasteiger partial charge in [-0.1, -0.05) is 30.3 Å². The van der Waals surface area contributed by atoms with Gasteiger partial charge in [0.15, 0.2) is 0 Å². The largest absolute Gasteiger partial charge is 0.462 e. The molecule has 1 unspecified atom stereocenters. The molecule has 1 aromatic heterocycles. The third-order valence-electron chi connectivity index (χ3n) is 9.24. The molecule has 1 amide bonds. The second-order valence-corrected chi connectivity index (χ2v) is 13.6. The van der Waals surface area contributed by atoms with Gasteiger partial charge in [-0.25, -0.2) is 11.4 Å². The lowest BCUT2D eigenvalue weighted by atomic mass is 9.99. The Labute approximate surface area is 266 Å². The SMILES string of the molecule is [C-]#[N+]CC1CN(c2nc(OC[C@@H]3CCCN3C)nc3c2CCN(c2cccc4cccc(C)c24)C3)CCN1C(=O)OC(C)(C)C. The number of piperazine rings is 1. The van der Waals surface area contributed by atoms with E-state index in [2.05, 4.69) is 69.9 Å². The summed E-state index contributed by atoms with van der Waals surface area (Å²) < 4.78 is 12.0. The summed E-state index contributed by atoms with van der Waals surface area (Å²) in [7, 11) is 2.14. The number of anilines is 2. The Bertz CT molecular complexity index is 1590. The molecule has 3 aliphatic rings. The molecule has 0 aliphatic carbocycles. The molecule has 0 N–H and O–H groups in total. The molecule has 4 heterocycles. The maximum Gasteiger partial charge on any atom is 0.410 e. The average molecular weight is 612 g/mol. The van der Waals surface area contributed by atoms with Crippen molar-refractivity contribution in [3.05, 3.63) is 64.6 Å². The van der Waals surface area contributed by atoms with Gasteiger partial charge in [0.1, 0.15) is 24.1 Å². The summed E-state index contributed by atoms with van der Waals surface area (Å²) >= 11 is 0. The molecule has 2 fully saturated rings. The molecule has 6 rings (SSSR count). The number of amides is 1. The minimum Gasteiger partial charge on any atom is -0.462 e. The number of fused-ring (bicyclic) bond motifs is 2. The quantitative estimate of drug-likeness (QED) is 0.347. The first-order valence-electron chi connectivity index (χ1n) is 16.1. The van der Waals surface area contributed by atoms with Crippen LogP contribution in [-0.2, 0) is 17.7 Å². The van der Waals surface area contributed by atoms with Crippen LogP contribution in [0.15, 0.2) is 36.4 Å². The van der Waals surface area contributed by atoms with Crippen LogP contribution in [0.3, 0.4) is 0 Å². The number of aryl methyl sites for hydroxylation is 1. The van der Waals surface area contributed by atoms with Crippen LogP contribution in [0.2, 0.25) is 0 Å². The lowest BCUT2D eigenvalue weighted by molar-refractivity contribution is 0.0155. The van der Waals surface area contributed by atoms with Gasteiger partial charge in [0, 0.05) is 48.9 Å². The van der Waals surface area contributed by atoms with Gasteiger partial charge in [-0.05, 0) is 77.6 Å². The second-order valence-electron chi connectivity index (χ2n) is 13.6. The maximum atomic E-state index is 13.1. The van der Waals surface area contributed by atoms with Crippen LogP contribution in [0, 0.1) is 13.5 Å². The Morgan fingerprint density at radius 1 is 1.04 bits per heavy atom. The van der Waals surface area contributed by atoms with Crippen LogP contribution in [0.5, 0.6) is 6.01 Å². The number of carbonyl (C=O) groups is 1. The molecule has 2 atom stereocenters. The minimum atomic E-state index is -0.600. The zero-order chi connectivity index (χ0) is 31.7. The van der Waals surface area contributed by atoms with Crippen LogP contribution < -0.4 is 14.5 Å². The van der Waals surface area contributed by atoms with Crippen LogP contribution in [0.4, 0.5) is 16.3 Å². The molecule has 0 bridgehead atoms. The van der Waals surface area contributed by atoms with Crippen molar-refractivity contribution < 1.29 is 14.3 Å². The van der Waals surface area contributed by atoms with Crippen molar-refractivity contribution in [3.63, 3.8) is 0 Å². The summed E-state index contributed by atoms with van der Waals surface area (Å²) in [5.41, 5.74) is 3.98. The third kappa shape index (κ3) is 6.64. The Balaban J connectivity index is 1.32. The van der Waals surface area contributed by atoms with E-state index in [-0.39, 0.29) is 18.7 Å². The predicted octanol–water partition coefficient (Wildman–Crippen LogP) is 5.32. The molecular weight excluding hydrogens is 566 g/mol. The van der Waals surface area contributed by atoms with Crippen molar-refractivity contribution in [2.24, 2.45) is 0 Å². The molecule has 45 heavy (non-hydrogen) atoms. The molecule has 2 aromatic carbocycles. The van der Waals surface area contributed by atoms with Gasteiger partial charge in [0.2, 0.25) is 6.54 Å². The van der Waals surface area contributed by atoms with E-state index in [1.807, 2.05) is 20.8 Å². The highest BCUT2D eigenvalue weighted by Gasteiger charge is 2.37. The number of hydrogen-bond donors (Lipinski definition) is 0. The van der Waals surface area contributed by atoms with E-state index in [1.54, 1.807) is 4.90 Å². The van der Waals surface area contributed by atoms with Gasteiger partial charge in [-0.3, -0.25) is 4.90 Å². The Morgan fingerprint density at radius 3 is 2.58 bits per heavy atom. The van der Waals surface area contributed by atoms with E-state index in [9.17, 15) is 4.79 Å². The van der Waals surface area contributed by atoms with E-state index in [1.165, 1.54) is 28.4 Å². The molecule has 3 aromatic rings. The number of benzene rings is 2. The van der Waals surface area contributed by atoms with Crippen molar-refractivity contribution in [1.29, 1.82) is 0 Å². The summed E-state index contributed by atoms with van der Waals surface area (Å²) in [6, 6.07) is 13.4. The van der Waals surface area contributed by atoms with Crippen LogP contribution >= 0.6 is 0 Å². The fourth-order valence-corrected chi connectivity index (χ4v) is 6.92. The third-order valence-corrected chi connectivity index (χ3v) is 9.24. The fourth-order valence-electron chi connectivity index (χ4n) is 6.92. The first-order chi connectivity index (χ1) is 21.6. The fraction of sp³-hybridized carbons (Fsp3) is 0.543. The van der Waals surface area contributed by atoms with Crippen molar-refractivity contribution in [1.82, 2.24) is 19.8 Å². The van der Waals surface area contributed by atoms with E-state index < -0.39 is 5.60 Å². The van der Waals surface area contributed by atoms with Crippen LogP contribution in [0.25, 0.3) is 15.6 Å². The number of aromatic nitrogens is 2. The molecular formula is C35H45N7O3. The number of carbonyl (C=O) groups excluding carboxylic acids is 1. The average Bonchev–Trinajstić information content (AvgIpc) is 3.42. The molecule has 3 aliphatic heterocycles. The number of hydrogen-bond acceptors (Lipinski definition) is 8. The lowest BCUT2D eigenvalue weighted by Crippen LogP contribution is -2.57. The zero-order valence-electron chi connectivity index (χ0n) is 27.3. The van der Waals surface area contributed by atoms with Crippen LogP contribution in [-0.4, -0.2) is 96.5 Å². The lowest BCUT2D eigenvalue weighted by Gasteiger charge is -2.41. The number of ether oxygens (including phenoxy) is 2. The second kappa shape index (κ2) is 12.7. The smallest absolute Gasteiger partial charge is 0.410 e. The summed E-state index contributed by atoms with van der Waals surface area (Å²) in [6.07, 6.45) is 2.70. The van der Waals surface area contributed by atoms with E-state index in [0.29, 0.717) is 44.8 Å². The maximum absolute atomic E-state index is 13.1. The van der Waals surface area contributed by atoms with Gasteiger partial charge >= 0.3 is 12.1 Å². The van der Waals surface area contributed by atoms with Crippen LogP contribution in [0.1, 0.15) is 50.4 Å². The number of nitrogens with zero attached hydrogens (tertiary/aromatic N) is 7. The Morgan fingerprint density at radius 2 is 1.84 bits per heavy atom. The highest BCUT2D eigenvalue weighted by atomic mass is 16.6. The Hall–Kier alpha value is -4.10. The first-order valence-corrected chi connectivity index (χ1v) is 16.1. The summed E-state index contributed by atoms with van der Waals surface area (Å²) in [5, 5.41) is 2.51. The molecule has 2 saturated heterocycles. The number of likely N-dealkylation sites (N-methyl/N-ethyl adjacent to an activating group) is 1. The van der Waals surface area contributed by atoms with Gasteiger partial charge in [0.25, 0.3) is 0 Å². The first kappa shape index (κ1) is 30.9. The topological polar surface area (TPSA) is 78.6 Å². The van der Waals surface area contributed by atoms with Crippen molar-refractivity contribution in [2.75, 3.05) is 62.7 Å². The predicted molar refractivity (Wildman–Crippen MR) is 177 cm³/mol. The van der Waals surface area contributed by atoms with Crippen molar-refractivity contribution in [2.45, 2.75) is 71.2 Å². The van der Waals surface area contributed by atoms with E-state index in [4.69, 9.17) is 26.0 Å². The van der Waals surface area contributed by atoms with Crippen molar-refractivity contribution >= 4 is 28.4 Å². The molecule has 0 spiro atoms. The number of likely N-dealkylation sites (tertiary alicyclic amines) is 1. The molecule has 238 valence electrons. The summed E-state index contributed by atoms with van der Waals surface area (Å²) in [6.45, 7) is 20.3. The molecule has 0 radical (unpaired) electrons. The number of rotatable bonds is 6. The minimum absolute atomic E-state index is 0.203. The van der Waals surface area contributed by atoms with Crippen molar-refractivity contribution in [3.8, 4) is 6.01 Å². The van der Waals surface area contributed by atoms with Gasteiger partial charge in [0.05, 0.1) is 12.2 Å². The molecule has 0 saturated carbocycles.